The number of hydrogen-bond acceptors (Lipinski definition) is 4. The van der Waals surface area contributed by atoms with Crippen LogP contribution in [0, 0.1) is 0 Å². The Bertz CT molecular complexity index is 545. The fourth-order valence-corrected chi connectivity index (χ4v) is 3.34. The van der Waals surface area contributed by atoms with E-state index in [0.717, 1.165) is 17.1 Å². The standard InChI is InChI=1S/C17H24F3N3OS/c1-2-25-12-13-3-5-14(6-4-13)16(24)22-11-15(17(18,19)20)23-9-7-21-8-10-23/h3-6,15,21H,2,7-12H2,1H3,(H,22,24). The third kappa shape index (κ3) is 6.20. The van der Waals surface area contributed by atoms with Gasteiger partial charge in [0.1, 0.15) is 6.04 Å². The van der Waals surface area contributed by atoms with Gasteiger partial charge in [-0.25, -0.2) is 0 Å². The van der Waals surface area contributed by atoms with Gasteiger partial charge < -0.3 is 10.6 Å². The van der Waals surface area contributed by atoms with Crippen molar-refractivity contribution < 1.29 is 18.0 Å². The first-order valence-electron chi connectivity index (χ1n) is 8.38. The van der Waals surface area contributed by atoms with Gasteiger partial charge in [-0.3, -0.25) is 9.69 Å². The van der Waals surface area contributed by atoms with Crippen LogP contribution in [-0.2, 0) is 5.75 Å². The second-order valence-electron chi connectivity index (χ2n) is 5.89. The van der Waals surface area contributed by atoms with Gasteiger partial charge in [0.2, 0.25) is 0 Å². The Morgan fingerprint density at radius 3 is 2.48 bits per heavy atom. The molecule has 1 amide bonds. The first-order chi connectivity index (χ1) is 11.9. The molecular weight excluding hydrogens is 351 g/mol. The zero-order valence-corrected chi connectivity index (χ0v) is 15.1. The quantitative estimate of drug-likeness (QED) is 0.769. The average molecular weight is 375 g/mol. The minimum Gasteiger partial charge on any atom is -0.350 e. The molecule has 4 nitrogen and oxygen atoms in total. The fraction of sp³-hybridized carbons (Fsp3) is 0.588. The normalized spacial score (nSPS) is 17.3. The van der Waals surface area contributed by atoms with Gasteiger partial charge in [-0.15, -0.1) is 0 Å². The van der Waals surface area contributed by atoms with Gasteiger partial charge in [-0.2, -0.15) is 24.9 Å². The molecule has 0 bridgehead atoms. The predicted octanol–water partition coefficient (Wildman–Crippen LogP) is 2.51. The molecule has 140 valence electrons. The van der Waals surface area contributed by atoms with Gasteiger partial charge in [0.05, 0.1) is 0 Å². The number of halogens is 3. The van der Waals surface area contributed by atoms with Gasteiger partial charge in [0.15, 0.2) is 0 Å². The van der Waals surface area contributed by atoms with Crippen LogP contribution in [0.3, 0.4) is 0 Å². The Hall–Kier alpha value is -1.25. The number of rotatable bonds is 7. The molecule has 1 aromatic rings. The molecule has 0 aromatic heterocycles. The van der Waals surface area contributed by atoms with E-state index in [1.807, 2.05) is 12.1 Å². The number of carbonyl (C=O) groups excluding carboxylic acids is 1. The van der Waals surface area contributed by atoms with Crippen LogP contribution in [0.25, 0.3) is 0 Å². The van der Waals surface area contributed by atoms with Gasteiger partial charge in [-0.1, -0.05) is 19.1 Å². The summed E-state index contributed by atoms with van der Waals surface area (Å²) in [6, 6.07) is 5.35. The highest BCUT2D eigenvalue weighted by Gasteiger charge is 2.43. The molecule has 1 heterocycles. The third-order valence-electron chi connectivity index (χ3n) is 4.12. The minimum absolute atomic E-state index is 0.323. The lowest BCUT2D eigenvalue weighted by Crippen LogP contribution is -2.57. The van der Waals surface area contributed by atoms with Gasteiger partial charge in [0, 0.05) is 44.0 Å². The summed E-state index contributed by atoms with van der Waals surface area (Å²) in [5.74, 6) is 1.39. The van der Waals surface area contributed by atoms with Crippen molar-refractivity contribution in [3.8, 4) is 0 Å². The summed E-state index contributed by atoms with van der Waals surface area (Å²) in [6.07, 6.45) is -4.37. The fourth-order valence-electron chi connectivity index (χ4n) is 2.71. The van der Waals surface area contributed by atoms with Crippen molar-refractivity contribution in [1.82, 2.24) is 15.5 Å². The second-order valence-corrected chi connectivity index (χ2v) is 7.16. The average Bonchev–Trinajstić information content (AvgIpc) is 2.60. The smallest absolute Gasteiger partial charge is 0.350 e. The highest BCUT2D eigenvalue weighted by Crippen LogP contribution is 2.25. The van der Waals surface area contributed by atoms with Crippen LogP contribution < -0.4 is 10.6 Å². The molecule has 1 atom stereocenters. The van der Waals surface area contributed by atoms with Crippen molar-refractivity contribution in [2.75, 3.05) is 38.5 Å². The van der Waals surface area contributed by atoms with E-state index >= 15 is 0 Å². The second kappa shape index (κ2) is 9.45. The first-order valence-corrected chi connectivity index (χ1v) is 9.53. The molecule has 2 N–H and O–H groups in total. The summed E-state index contributed by atoms with van der Waals surface area (Å²) >= 11 is 1.77. The van der Waals surface area contributed by atoms with Crippen molar-refractivity contribution >= 4 is 17.7 Å². The summed E-state index contributed by atoms with van der Waals surface area (Å²) in [6.45, 7) is 3.33. The van der Waals surface area contributed by atoms with E-state index in [-0.39, 0.29) is 0 Å². The Kier molecular flexibility index (Phi) is 7.58. The molecule has 1 aliphatic heterocycles. The summed E-state index contributed by atoms with van der Waals surface area (Å²) in [4.78, 5) is 13.5. The molecular formula is C17H24F3N3OS. The lowest BCUT2D eigenvalue weighted by Gasteiger charge is -2.35. The topological polar surface area (TPSA) is 44.4 Å². The summed E-state index contributed by atoms with van der Waals surface area (Å²) in [5, 5.41) is 5.47. The molecule has 1 saturated heterocycles. The Morgan fingerprint density at radius 1 is 1.28 bits per heavy atom. The molecule has 0 radical (unpaired) electrons. The van der Waals surface area contributed by atoms with Crippen LogP contribution in [0.15, 0.2) is 24.3 Å². The van der Waals surface area contributed by atoms with E-state index in [0.29, 0.717) is 31.7 Å². The maximum atomic E-state index is 13.3. The van der Waals surface area contributed by atoms with E-state index in [1.165, 1.54) is 4.90 Å². The van der Waals surface area contributed by atoms with E-state index in [4.69, 9.17) is 0 Å². The van der Waals surface area contributed by atoms with Gasteiger partial charge in [0.25, 0.3) is 5.91 Å². The van der Waals surface area contributed by atoms with E-state index in [9.17, 15) is 18.0 Å². The van der Waals surface area contributed by atoms with Crippen LogP contribution in [0.4, 0.5) is 13.2 Å². The Labute approximate surface area is 150 Å². The highest BCUT2D eigenvalue weighted by molar-refractivity contribution is 7.98. The lowest BCUT2D eigenvalue weighted by atomic mass is 10.1. The molecule has 0 spiro atoms. The van der Waals surface area contributed by atoms with Crippen molar-refractivity contribution in [3.05, 3.63) is 35.4 Å². The molecule has 1 aromatic carbocycles. The maximum absolute atomic E-state index is 13.3. The number of nitrogens with one attached hydrogen (secondary N) is 2. The van der Waals surface area contributed by atoms with Gasteiger partial charge >= 0.3 is 6.18 Å². The van der Waals surface area contributed by atoms with Crippen molar-refractivity contribution in [2.45, 2.75) is 24.9 Å². The van der Waals surface area contributed by atoms with Crippen molar-refractivity contribution in [3.63, 3.8) is 0 Å². The van der Waals surface area contributed by atoms with Crippen LogP contribution >= 0.6 is 11.8 Å². The van der Waals surface area contributed by atoms with Crippen molar-refractivity contribution in [2.24, 2.45) is 0 Å². The SMILES string of the molecule is CCSCc1ccc(C(=O)NCC(N2CCNCC2)C(F)(F)F)cc1. The molecule has 1 aliphatic rings. The van der Waals surface area contributed by atoms with E-state index in [1.54, 1.807) is 23.9 Å². The molecule has 2 rings (SSSR count). The Balaban J connectivity index is 1.93. The van der Waals surface area contributed by atoms with Crippen LogP contribution in [0.5, 0.6) is 0 Å². The summed E-state index contributed by atoms with van der Waals surface area (Å²) in [5.41, 5.74) is 1.48. The third-order valence-corrected chi connectivity index (χ3v) is 5.06. The molecule has 25 heavy (non-hydrogen) atoms. The first kappa shape index (κ1) is 20.1. The highest BCUT2D eigenvalue weighted by atomic mass is 32.2. The molecule has 8 heteroatoms. The number of alkyl halides is 3. The van der Waals surface area contributed by atoms with E-state index < -0.39 is 24.7 Å². The van der Waals surface area contributed by atoms with Crippen LogP contribution in [-0.4, -0.2) is 61.5 Å². The number of thioether (sulfide) groups is 1. The number of carbonyl (C=O) groups is 1. The molecule has 0 saturated carbocycles. The molecule has 0 aliphatic carbocycles. The van der Waals surface area contributed by atoms with Crippen LogP contribution in [0.2, 0.25) is 0 Å². The number of hydrogen-bond donors (Lipinski definition) is 2. The minimum atomic E-state index is -4.37. The Morgan fingerprint density at radius 2 is 1.92 bits per heavy atom. The predicted molar refractivity (Wildman–Crippen MR) is 94.9 cm³/mol. The summed E-state index contributed by atoms with van der Waals surface area (Å²) < 4.78 is 39.9. The lowest BCUT2D eigenvalue weighted by molar-refractivity contribution is -0.183. The van der Waals surface area contributed by atoms with Crippen molar-refractivity contribution in [1.29, 1.82) is 0 Å². The zero-order chi connectivity index (χ0) is 18.3. The van der Waals surface area contributed by atoms with Gasteiger partial charge in [-0.05, 0) is 23.4 Å². The largest absolute Gasteiger partial charge is 0.405 e. The maximum Gasteiger partial charge on any atom is 0.405 e. The van der Waals surface area contributed by atoms with Crippen LogP contribution in [0.1, 0.15) is 22.8 Å². The number of amides is 1. The zero-order valence-electron chi connectivity index (χ0n) is 14.2. The monoisotopic (exact) mass is 375 g/mol. The number of benzene rings is 1. The van der Waals surface area contributed by atoms with E-state index in [2.05, 4.69) is 17.6 Å². The molecule has 1 fully saturated rings. The summed E-state index contributed by atoms with van der Waals surface area (Å²) in [7, 11) is 0. The number of nitrogens with zero attached hydrogens (tertiary/aromatic N) is 1. The molecule has 1 unspecified atom stereocenters. The number of piperazine rings is 1.